The van der Waals surface area contributed by atoms with Crippen molar-refractivity contribution in [2.45, 2.75) is 56.7 Å². The van der Waals surface area contributed by atoms with Gasteiger partial charge in [0.2, 0.25) is 11.8 Å². The van der Waals surface area contributed by atoms with Crippen molar-refractivity contribution in [3.05, 3.63) is 82.0 Å². The molecule has 3 aromatic rings. The van der Waals surface area contributed by atoms with Gasteiger partial charge in [0, 0.05) is 36.0 Å². The third-order valence-electron chi connectivity index (χ3n) is 7.74. The first-order valence-corrected chi connectivity index (χ1v) is 14.8. The number of rotatable bonds is 9. The zero-order valence-corrected chi connectivity index (χ0v) is 25.7. The zero-order chi connectivity index (χ0) is 33.2. The number of anilines is 1. The van der Waals surface area contributed by atoms with E-state index in [0.717, 1.165) is 22.0 Å². The van der Waals surface area contributed by atoms with Crippen LogP contribution in [-0.4, -0.2) is 62.4 Å². The fourth-order valence-electron chi connectivity index (χ4n) is 5.48. The average Bonchev–Trinajstić information content (AvgIpc) is 3.52. The van der Waals surface area contributed by atoms with Gasteiger partial charge in [-0.2, -0.15) is 28.2 Å². The van der Waals surface area contributed by atoms with E-state index in [0.29, 0.717) is 42.3 Å². The first-order valence-electron chi connectivity index (χ1n) is 14.1. The highest BCUT2D eigenvalue weighted by Gasteiger charge is 2.40. The molecule has 2 aliphatic carbocycles. The third-order valence-corrected chi connectivity index (χ3v) is 8.27. The molecule has 0 bridgehead atoms. The number of hydrogen-bond acceptors (Lipinski definition) is 7. The van der Waals surface area contributed by atoms with Crippen LogP contribution in [-0.2, 0) is 22.3 Å². The van der Waals surface area contributed by atoms with Crippen LogP contribution in [0.15, 0.2) is 59.5 Å². The van der Waals surface area contributed by atoms with Crippen molar-refractivity contribution in [1.82, 2.24) is 20.0 Å². The van der Waals surface area contributed by atoms with Gasteiger partial charge < -0.3 is 19.5 Å². The van der Waals surface area contributed by atoms with Crippen LogP contribution in [0.25, 0.3) is 0 Å². The second-order valence-corrected chi connectivity index (χ2v) is 11.6. The van der Waals surface area contributed by atoms with Crippen LogP contribution in [0.5, 0.6) is 11.6 Å². The summed E-state index contributed by atoms with van der Waals surface area (Å²) in [5.74, 6) is -6.92. The van der Waals surface area contributed by atoms with Gasteiger partial charge in [0.25, 0.3) is 0 Å². The van der Waals surface area contributed by atoms with Gasteiger partial charge in [0.15, 0.2) is 11.6 Å². The van der Waals surface area contributed by atoms with Gasteiger partial charge in [-0.1, -0.05) is 28.1 Å². The molecule has 2 aromatic heterocycles. The predicted octanol–water partition coefficient (Wildman–Crippen LogP) is 6.46. The molecule has 10 nitrogen and oxygen atoms in total. The summed E-state index contributed by atoms with van der Waals surface area (Å²) in [4.78, 5) is 32.3. The minimum atomic E-state index is -4.98. The van der Waals surface area contributed by atoms with Gasteiger partial charge in [-0.05, 0) is 43.4 Å². The van der Waals surface area contributed by atoms with Crippen LogP contribution in [0.1, 0.15) is 47.2 Å². The largest absolute Gasteiger partial charge is 0.478 e. The van der Waals surface area contributed by atoms with E-state index in [1.165, 1.54) is 30.6 Å². The standard InChI is InChI=1S/C30H27BrF5N5O5/c1-45-19-5-3-18(4-6-19)41(28(42)20-7-2-17(31)11-23(20)32)25-13-24(33)26(12-21(25)29(43)44)46-27-22(30(34,35)36)10-16(14-37-27)15-40-38-8-9-39-40/h2,7-14,18-20,23H,3-6,15H2,1H3,(H,43,44). The van der Waals surface area contributed by atoms with Crippen molar-refractivity contribution in [1.29, 1.82) is 0 Å². The number of carbonyl (C=O) groups excluding carboxylic acids is 1. The minimum Gasteiger partial charge on any atom is -0.478 e. The Bertz CT molecular complexity index is 1660. The Kier molecular flexibility index (Phi) is 9.86. The molecule has 0 radical (unpaired) electrons. The quantitative estimate of drug-likeness (QED) is 0.251. The van der Waals surface area contributed by atoms with Gasteiger partial charge in [-0.3, -0.25) is 4.79 Å². The van der Waals surface area contributed by atoms with E-state index < -0.39 is 64.8 Å². The molecule has 244 valence electrons. The van der Waals surface area contributed by atoms with Gasteiger partial charge in [0.1, 0.15) is 11.7 Å². The Morgan fingerprint density at radius 3 is 2.43 bits per heavy atom. The second kappa shape index (κ2) is 13.7. The number of aromatic carboxylic acids is 1. The van der Waals surface area contributed by atoms with Crippen LogP contribution < -0.4 is 9.64 Å². The third kappa shape index (κ3) is 7.28. The molecule has 1 amide bonds. The Balaban J connectivity index is 1.53. The topological polar surface area (TPSA) is 120 Å². The maximum absolute atomic E-state index is 15.7. The molecule has 46 heavy (non-hydrogen) atoms. The lowest BCUT2D eigenvalue weighted by Gasteiger charge is -2.39. The Morgan fingerprint density at radius 2 is 1.83 bits per heavy atom. The molecule has 1 N–H and O–H groups in total. The Hall–Kier alpha value is -4.18. The van der Waals surface area contributed by atoms with Crippen LogP contribution in [0.3, 0.4) is 0 Å². The SMILES string of the molecule is COC1CCC(N(C(=O)C2C=CC(Br)=CC2F)c2cc(F)c(Oc3ncc(Cn4nccn4)cc3C(F)(F)F)cc2C(=O)O)CC1. The predicted molar refractivity (Wildman–Crippen MR) is 157 cm³/mol. The number of amides is 1. The van der Waals surface area contributed by atoms with E-state index in [1.807, 2.05) is 0 Å². The number of allylic oxidation sites excluding steroid dienone is 3. The van der Waals surface area contributed by atoms with Crippen molar-refractivity contribution >= 4 is 33.5 Å². The highest BCUT2D eigenvalue weighted by molar-refractivity contribution is 9.11. The number of alkyl halides is 4. The molecule has 2 unspecified atom stereocenters. The lowest BCUT2D eigenvalue weighted by atomic mass is 9.89. The number of methoxy groups -OCH3 is 1. The summed E-state index contributed by atoms with van der Waals surface area (Å²) in [5.41, 5.74) is -2.30. The molecule has 0 spiro atoms. The highest BCUT2D eigenvalue weighted by atomic mass is 79.9. The number of pyridine rings is 1. The van der Waals surface area contributed by atoms with Crippen LogP contribution in [0.4, 0.5) is 27.6 Å². The summed E-state index contributed by atoms with van der Waals surface area (Å²) in [7, 11) is 1.54. The number of aromatic nitrogens is 4. The molecule has 2 aliphatic rings. The lowest BCUT2D eigenvalue weighted by Crippen LogP contribution is -2.48. The number of carboxylic acids is 1. The molecule has 2 heterocycles. The van der Waals surface area contributed by atoms with Crippen molar-refractivity contribution in [2.75, 3.05) is 12.0 Å². The first-order chi connectivity index (χ1) is 21.8. The number of carboxylic acid groups (broad SMARTS) is 1. The molecular formula is C30H27BrF5N5O5. The first kappa shape index (κ1) is 33.2. The summed E-state index contributed by atoms with van der Waals surface area (Å²) in [6, 6.07) is 1.49. The van der Waals surface area contributed by atoms with E-state index in [-0.39, 0.29) is 23.9 Å². The van der Waals surface area contributed by atoms with Crippen molar-refractivity contribution < 1.29 is 46.1 Å². The molecule has 1 fully saturated rings. The van der Waals surface area contributed by atoms with Gasteiger partial charge >= 0.3 is 12.1 Å². The molecule has 2 atom stereocenters. The number of ether oxygens (including phenoxy) is 2. The van der Waals surface area contributed by atoms with E-state index in [1.54, 1.807) is 7.11 Å². The average molecular weight is 712 g/mol. The Morgan fingerprint density at radius 1 is 1.13 bits per heavy atom. The number of halogens is 6. The monoisotopic (exact) mass is 711 g/mol. The number of nitrogens with zero attached hydrogens (tertiary/aromatic N) is 5. The van der Waals surface area contributed by atoms with Gasteiger partial charge in [-0.25, -0.2) is 18.6 Å². The maximum Gasteiger partial charge on any atom is 0.421 e. The number of carbonyl (C=O) groups is 2. The summed E-state index contributed by atoms with van der Waals surface area (Å²) in [6.07, 6.45) is 2.58. The Labute approximate surface area is 267 Å². The summed E-state index contributed by atoms with van der Waals surface area (Å²) >= 11 is 3.16. The minimum absolute atomic E-state index is 0.0695. The molecule has 5 rings (SSSR count). The molecule has 1 aromatic carbocycles. The second-order valence-electron chi connectivity index (χ2n) is 10.7. The normalized spacial score (nSPS) is 21.5. The number of benzene rings is 1. The van der Waals surface area contributed by atoms with Crippen LogP contribution in [0, 0.1) is 11.7 Å². The highest BCUT2D eigenvalue weighted by Crippen LogP contribution is 2.41. The summed E-state index contributed by atoms with van der Waals surface area (Å²) in [6.45, 7) is -0.144. The lowest BCUT2D eigenvalue weighted by molar-refractivity contribution is -0.139. The van der Waals surface area contributed by atoms with E-state index in [2.05, 4.69) is 31.1 Å². The van der Waals surface area contributed by atoms with Crippen LogP contribution >= 0.6 is 15.9 Å². The van der Waals surface area contributed by atoms with Crippen molar-refractivity contribution in [3.63, 3.8) is 0 Å². The number of hydrogen-bond donors (Lipinski definition) is 1. The maximum atomic E-state index is 15.7. The summed E-state index contributed by atoms with van der Waals surface area (Å²) < 4.78 is 83.9. The molecule has 16 heteroatoms. The summed E-state index contributed by atoms with van der Waals surface area (Å²) in [5, 5.41) is 17.8. The van der Waals surface area contributed by atoms with Crippen molar-refractivity contribution in [3.8, 4) is 11.6 Å². The fraction of sp³-hybridized carbons (Fsp3) is 0.367. The van der Waals surface area contributed by atoms with Crippen LogP contribution in [0.2, 0.25) is 0 Å². The molecule has 1 saturated carbocycles. The molecular weight excluding hydrogens is 685 g/mol. The smallest absolute Gasteiger partial charge is 0.421 e. The molecule has 0 saturated heterocycles. The zero-order valence-electron chi connectivity index (χ0n) is 24.1. The van der Waals surface area contributed by atoms with E-state index in [9.17, 15) is 27.9 Å². The van der Waals surface area contributed by atoms with Crippen molar-refractivity contribution in [2.24, 2.45) is 5.92 Å². The fourth-order valence-corrected chi connectivity index (χ4v) is 5.88. The van der Waals surface area contributed by atoms with E-state index in [4.69, 9.17) is 9.47 Å². The van der Waals surface area contributed by atoms with Gasteiger partial charge in [0.05, 0.1) is 42.2 Å². The molecule has 0 aliphatic heterocycles. The van der Waals surface area contributed by atoms with E-state index >= 15 is 8.78 Å². The van der Waals surface area contributed by atoms with Gasteiger partial charge in [-0.15, -0.1) is 0 Å².